The number of carbonyl (C=O) groups excluding carboxylic acids is 1. The van der Waals surface area contributed by atoms with Gasteiger partial charge in [0.05, 0.1) is 14.1 Å². The first-order valence-electron chi connectivity index (χ1n) is 15.2. The zero-order chi connectivity index (χ0) is 27.5. The van der Waals surface area contributed by atoms with E-state index in [2.05, 4.69) is 64.3 Å². The molecular formula is C34H54NO3+. The molecule has 4 nitrogen and oxygen atoms in total. The second kappa shape index (κ2) is 18.8. The highest BCUT2D eigenvalue weighted by Crippen LogP contribution is 2.18. The van der Waals surface area contributed by atoms with Crippen LogP contribution in [0.3, 0.4) is 0 Å². The number of aryl methyl sites for hydroxylation is 1. The minimum absolute atomic E-state index is 0.138. The molecule has 0 aliphatic carbocycles. The Morgan fingerprint density at radius 2 is 1.32 bits per heavy atom. The molecule has 0 heterocycles. The maximum atomic E-state index is 12.5. The fourth-order valence-corrected chi connectivity index (χ4v) is 4.87. The summed E-state index contributed by atoms with van der Waals surface area (Å²) in [5.41, 5.74) is 2.58. The average Bonchev–Trinajstić information content (AvgIpc) is 2.90. The molecule has 0 saturated carbocycles. The van der Waals surface area contributed by atoms with Crippen molar-refractivity contribution in [3.05, 3.63) is 65.7 Å². The Morgan fingerprint density at radius 1 is 0.737 bits per heavy atom. The number of quaternary nitrogens is 1. The molecule has 2 aromatic carbocycles. The summed E-state index contributed by atoms with van der Waals surface area (Å²) >= 11 is 0. The topological polar surface area (TPSA) is 35.5 Å². The van der Waals surface area contributed by atoms with Crippen molar-refractivity contribution in [1.29, 1.82) is 0 Å². The standard InChI is InChI=1S/C34H54NO3/c1-5-7-8-9-10-11-12-13-14-15-17-20-30-23-25-33(26-24-30)38-32(6-2)29-37-34(36)28-35(3,4)27-31-21-18-16-19-22-31/h16,18-19,21-26,32H,5-15,17,20,27-29H2,1-4H3/q+1. The molecule has 2 aromatic rings. The third-order valence-electron chi connectivity index (χ3n) is 7.19. The Bertz CT molecular complexity index is 863. The van der Waals surface area contributed by atoms with E-state index in [1.165, 1.54) is 81.8 Å². The molecule has 0 aliphatic rings. The quantitative estimate of drug-likeness (QED) is 0.0932. The van der Waals surface area contributed by atoms with Gasteiger partial charge in [-0.2, -0.15) is 0 Å². The van der Waals surface area contributed by atoms with Crippen LogP contribution in [0.1, 0.15) is 102 Å². The lowest BCUT2D eigenvalue weighted by molar-refractivity contribution is -0.896. The van der Waals surface area contributed by atoms with E-state index in [9.17, 15) is 4.79 Å². The number of nitrogens with zero attached hydrogens (tertiary/aromatic N) is 1. The number of esters is 1. The minimum Gasteiger partial charge on any atom is -0.487 e. The van der Waals surface area contributed by atoms with Gasteiger partial charge in [0, 0.05) is 5.56 Å². The van der Waals surface area contributed by atoms with Crippen LogP contribution in [-0.2, 0) is 22.5 Å². The number of unbranched alkanes of at least 4 members (excludes halogenated alkanes) is 10. The maximum Gasteiger partial charge on any atom is 0.361 e. The first kappa shape index (κ1) is 31.9. The highest BCUT2D eigenvalue weighted by molar-refractivity contribution is 5.70. The van der Waals surface area contributed by atoms with Gasteiger partial charge in [-0.15, -0.1) is 0 Å². The van der Waals surface area contributed by atoms with Crippen LogP contribution in [0.25, 0.3) is 0 Å². The number of benzene rings is 2. The molecule has 4 heteroatoms. The first-order chi connectivity index (χ1) is 18.4. The molecule has 0 amide bonds. The summed E-state index contributed by atoms with van der Waals surface area (Å²) < 4.78 is 12.3. The van der Waals surface area contributed by atoms with Crippen molar-refractivity contribution in [2.45, 2.75) is 110 Å². The lowest BCUT2D eigenvalue weighted by Crippen LogP contribution is -2.44. The van der Waals surface area contributed by atoms with Gasteiger partial charge in [-0.1, -0.05) is 121 Å². The molecule has 0 aromatic heterocycles. The minimum atomic E-state index is -0.185. The summed E-state index contributed by atoms with van der Waals surface area (Å²) in [6.45, 7) is 5.74. The Hall–Kier alpha value is -2.33. The van der Waals surface area contributed by atoms with Crippen LogP contribution >= 0.6 is 0 Å². The van der Waals surface area contributed by atoms with E-state index >= 15 is 0 Å². The van der Waals surface area contributed by atoms with E-state index in [4.69, 9.17) is 9.47 Å². The van der Waals surface area contributed by atoms with Gasteiger partial charge in [-0.25, -0.2) is 4.79 Å². The zero-order valence-corrected chi connectivity index (χ0v) is 24.8. The van der Waals surface area contributed by atoms with E-state index < -0.39 is 0 Å². The third-order valence-corrected chi connectivity index (χ3v) is 7.19. The van der Waals surface area contributed by atoms with E-state index in [-0.39, 0.29) is 18.7 Å². The molecule has 1 unspecified atom stereocenters. The van der Waals surface area contributed by atoms with Crippen molar-refractivity contribution in [1.82, 2.24) is 0 Å². The number of carbonyl (C=O) groups is 1. The predicted octanol–water partition coefficient (Wildman–Crippen LogP) is 8.52. The molecule has 212 valence electrons. The van der Waals surface area contributed by atoms with Crippen molar-refractivity contribution in [3.8, 4) is 5.75 Å². The Kier molecular flexibility index (Phi) is 15.8. The normalized spacial score (nSPS) is 12.3. The third kappa shape index (κ3) is 14.6. The Balaban J connectivity index is 1.60. The second-order valence-electron chi connectivity index (χ2n) is 11.5. The number of likely N-dealkylation sites (N-methyl/N-ethyl adjacent to an activating group) is 1. The van der Waals surface area contributed by atoms with E-state index in [1.807, 2.05) is 18.2 Å². The first-order valence-corrected chi connectivity index (χ1v) is 15.2. The molecule has 0 spiro atoms. The van der Waals surface area contributed by atoms with E-state index in [0.717, 1.165) is 25.1 Å². The summed E-state index contributed by atoms with van der Waals surface area (Å²) in [5.74, 6) is 0.658. The predicted molar refractivity (Wildman–Crippen MR) is 159 cm³/mol. The zero-order valence-electron chi connectivity index (χ0n) is 24.8. The number of ether oxygens (including phenoxy) is 2. The van der Waals surface area contributed by atoms with Gasteiger partial charge in [-0.3, -0.25) is 0 Å². The van der Waals surface area contributed by atoms with Gasteiger partial charge in [0.15, 0.2) is 6.54 Å². The van der Waals surface area contributed by atoms with Crippen molar-refractivity contribution in [2.75, 3.05) is 27.2 Å². The second-order valence-corrected chi connectivity index (χ2v) is 11.5. The van der Waals surface area contributed by atoms with Crippen LogP contribution in [0.2, 0.25) is 0 Å². The fraction of sp³-hybridized carbons (Fsp3) is 0.618. The van der Waals surface area contributed by atoms with Crippen LogP contribution in [0.4, 0.5) is 0 Å². The molecule has 0 bridgehead atoms. The number of rotatable bonds is 21. The summed E-state index contributed by atoms with van der Waals surface area (Å²) in [4.78, 5) is 12.5. The summed E-state index contributed by atoms with van der Waals surface area (Å²) in [5, 5.41) is 0. The van der Waals surface area contributed by atoms with Gasteiger partial charge >= 0.3 is 5.97 Å². The van der Waals surface area contributed by atoms with E-state index in [0.29, 0.717) is 11.0 Å². The summed E-state index contributed by atoms with van der Waals surface area (Å²) in [7, 11) is 4.11. The van der Waals surface area contributed by atoms with Crippen molar-refractivity contribution in [3.63, 3.8) is 0 Å². The number of hydrogen-bond acceptors (Lipinski definition) is 3. The summed E-state index contributed by atoms with van der Waals surface area (Å²) in [6.07, 6.45) is 16.9. The lowest BCUT2D eigenvalue weighted by atomic mass is 10.0. The smallest absolute Gasteiger partial charge is 0.361 e. The molecule has 1 atom stereocenters. The number of hydrogen-bond donors (Lipinski definition) is 0. The van der Waals surface area contributed by atoms with Gasteiger partial charge in [-0.05, 0) is 37.0 Å². The largest absolute Gasteiger partial charge is 0.487 e. The van der Waals surface area contributed by atoms with Gasteiger partial charge in [0.1, 0.15) is 25.0 Å². The molecule has 0 radical (unpaired) electrons. The fourth-order valence-electron chi connectivity index (χ4n) is 4.87. The van der Waals surface area contributed by atoms with Crippen LogP contribution in [-0.4, -0.2) is 43.8 Å². The Labute approximate surface area is 233 Å². The van der Waals surface area contributed by atoms with Crippen molar-refractivity contribution < 1.29 is 18.8 Å². The van der Waals surface area contributed by atoms with E-state index in [1.54, 1.807) is 0 Å². The van der Waals surface area contributed by atoms with Gasteiger partial charge < -0.3 is 14.0 Å². The van der Waals surface area contributed by atoms with Gasteiger partial charge in [0.2, 0.25) is 0 Å². The van der Waals surface area contributed by atoms with Crippen molar-refractivity contribution in [2.24, 2.45) is 0 Å². The molecule has 0 saturated heterocycles. The highest BCUT2D eigenvalue weighted by Gasteiger charge is 2.23. The molecule has 0 fully saturated rings. The van der Waals surface area contributed by atoms with Crippen molar-refractivity contribution >= 4 is 5.97 Å². The molecule has 0 aliphatic heterocycles. The SMILES string of the molecule is CCCCCCCCCCCCCc1ccc(OC(CC)COC(=O)C[N+](C)(C)Cc2ccccc2)cc1. The van der Waals surface area contributed by atoms with Crippen LogP contribution < -0.4 is 4.74 Å². The monoisotopic (exact) mass is 524 g/mol. The molecule has 2 rings (SSSR count). The van der Waals surface area contributed by atoms with Crippen LogP contribution in [0, 0.1) is 0 Å². The highest BCUT2D eigenvalue weighted by atomic mass is 16.6. The lowest BCUT2D eigenvalue weighted by Gasteiger charge is -2.29. The van der Waals surface area contributed by atoms with Crippen LogP contribution in [0.5, 0.6) is 5.75 Å². The molecular weight excluding hydrogens is 470 g/mol. The molecule has 38 heavy (non-hydrogen) atoms. The Morgan fingerprint density at radius 3 is 1.89 bits per heavy atom. The molecule has 0 N–H and O–H groups in total. The maximum absolute atomic E-state index is 12.5. The van der Waals surface area contributed by atoms with Gasteiger partial charge in [0.25, 0.3) is 0 Å². The van der Waals surface area contributed by atoms with Crippen LogP contribution in [0.15, 0.2) is 54.6 Å². The summed E-state index contributed by atoms with van der Waals surface area (Å²) in [6, 6.07) is 18.7. The average molecular weight is 525 g/mol.